The average molecular weight is 296 g/mol. The Bertz CT molecular complexity index is 484. The molecule has 4 nitrogen and oxygen atoms in total. The summed E-state index contributed by atoms with van der Waals surface area (Å²) < 4.78 is 8.47. The van der Waals surface area contributed by atoms with Gasteiger partial charge >= 0.3 is 0 Å². The molecule has 0 atom stereocenters. The lowest BCUT2D eigenvalue weighted by atomic mass is 10.3. The number of hydrogen-bond donors (Lipinski definition) is 0. The number of halogens is 1. The lowest BCUT2D eigenvalue weighted by molar-refractivity contribution is 0.305. The monoisotopic (exact) mass is 295 g/mol. The normalized spacial score (nSPS) is 10.5. The molecule has 90 valence electrons. The first-order valence-electron chi connectivity index (χ1n) is 5.52. The lowest BCUT2D eigenvalue weighted by Crippen LogP contribution is -1.97. The molecule has 0 aliphatic carbocycles. The van der Waals surface area contributed by atoms with Crippen LogP contribution in [0.1, 0.15) is 18.9 Å². The maximum Gasteiger partial charge on any atom is 0.157 e. The molecule has 2 aromatic heterocycles. The summed E-state index contributed by atoms with van der Waals surface area (Å²) in [5.74, 6) is 0.790. The molecule has 0 bridgehead atoms. The zero-order chi connectivity index (χ0) is 12.1. The molecule has 0 saturated heterocycles. The van der Waals surface area contributed by atoms with Crippen LogP contribution in [0, 0.1) is 0 Å². The third-order valence-electron chi connectivity index (χ3n) is 2.23. The summed E-state index contributed by atoms with van der Waals surface area (Å²) in [4.78, 5) is 4.08. The Balaban J connectivity index is 1.93. The Morgan fingerprint density at radius 3 is 3.00 bits per heavy atom. The van der Waals surface area contributed by atoms with E-state index in [0.717, 1.165) is 28.8 Å². The number of aromatic nitrogens is 3. The number of aryl methyl sites for hydroxylation is 1. The summed E-state index contributed by atoms with van der Waals surface area (Å²) in [6.45, 7) is 3.54. The molecule has 2 heterocycles. The number of hydrogen-bond acceptors (Lipinski definition) is 3. The van der Waals surface area contributed by atoms with Gasteiger partial charge in [0.05, 0.1) is 12.4 Å². The molecule has 5 heteroatoms. The Morgan fingerprint density at radius 1 is 1.35 bits per heavy atom. The van der Waals surface area contributed by atoms with Gasteiger partial charge in [-0.15, -0.1) is 0 Å². The Hall–Kier alpha value is -1.36. The minimum atomic E-state index is 0.504. The van der Waals surface area contributed by atoms with Gasteiger partial charge in [-0.3, -0.25) is 9.67 Å². The third kappa shape index (κ3) is 3.56. The number of rotatable bonds is 5. The van der Waals surface area contributed by atoms with E-state index in [4.69, 9.17) is 4.74 Å². The molecule has 0 saturated carbocycles. The fourth-order valence-electron chi connectivity index (χ4n) is 1.47. The van der Waals surface area contributed by atoms with Crippen molar-refractivity contribution < 1.29 is 4.74 Å². The minimum absolute atomic E-state index is 0.504. The first kappa shape index (κ1) is 12.1. The SMILES string of the molecule is CCCn1cc(OCc2cncc(Br)c2)cn1. The predicted octanol–water partition coefficient (Wildman–Crippen LogP) is 3.03. The van der Waals surface area contributed by atoms with Gasteiger partial charge in [0.1, 0.15) is 6.61 Å². The molecule has 2 aromatic rings. The molecular weight excluding hydrogens is 282 g/mol. The summed E-state index contributed by atoms with van der Waals surface area (Å²) in [7, 11) is 0. The van der Waals surface area contributed by atoms with Crippen LogP contribution in [0.4, 0.5) is 0 Å². The van der Waals surface area contributed by atoms with Gasteiger partial charge in [-0.05, 0) is 28.4 Å². The maximum atomic E-state index is 5.63. The standard InChI is InChI=1S/C12H14BrN3O/c1-2-3-16-8-12(7-15-16)17-9-10-4-11(13)6-14-5-10/h4-8H,2-3,9H2,1H3. The molecule has 0 spiro atoms. The minimum Gasteiger partial charge on any atom is -0.486 e. The van der Waals surface area contributed by atoms with Crippen LogP contribution in [0.2, 0.25) is 0 Å². The third-order valence-corrected chi connectivity index (χ3v) is 2.66. The van der Waals surface area contributed by atoms with Gasteiger partial charge in [0.25, 0.3) is 0 Å². The highest BCUT2D eigenvalue weighted by Crippen LogP contribution is 2.14. The average Bonchev–Trinajstić information content (AvgIpc) is 2.75. The summed E-state index contributed by atoms with van der Waals surface area (Å²) in [5, 5.41) is 4.20. The van der Waals surface area contributed by atoms with Crippen LogP contribution in [-0.2, 0) is 13.2 Å². The molecule has 0 N–H and O–H groups in total. The van der Waals surface area contributed by atoms with E-state index in [-0.39, 0.29) is 0 Å². The molecule has 0 aliphatic rings. The van der Waals surface area contributed by atoms with Crippen LogP contribution in [0.25, 0.3) is 0 Å². The van der Waals surface area contributed by atoms with Crippen LogP contribution >= 0.6 is 15.9 Å². The summed E-state index contributed by atoms with van der Waals surface area (Å²) in [6.07, 6.45) is 8.26. The van der Waals surface area contributed by atoms with Gasteiger partial charge < -0.3 is 4.74 Å². The lowest BCUT2D eigenvalue weighted by Gasteiger charge is -2.03. The van der Waals surface area contributed by atoms with Crippen molar-refractivity contribution in [2.24, 2.45) is 0 Å². The van der Waals surface area contributed by atoms with Crippen molar-refractivity contribution in [1.29, 1.82) is 0 Å². The van der Waals surface area contributed by atoms with Gasteiger partial charge in [0, 0.05) is 29.0 Å². The van der Waals surface area contributed by atoms with Gasteiger partial charge in [-0.1, -0.05) is 6.92 Å². The van der Waals surface area contributed by atoms with Gasteiger partial charge in [0.2, 0.25) is 0 Å². The smallest absolute Gasteiger partial charge is 0.157 e. The Labute approximate surface area is 109 Å². The van der Waals surface area contributed by atoms with Crippen LogP contribution in [-0.4, -0.2) is 14.8 Å². The highest BCUT2D eigenvalue weighted by atomic mass is 79.9. The van der Waals surface area contributed by atoms with E-state index in [1.54, 1.807) is 18.6 Å². The van der Waals surface area contributed by atoms with Crippen LogP contribution < -0.4 is 4.74 Å². The fourth-order valence-corrected chi connectivity index (χ4v) is 1.88. The van der Waals surface area contributed by atoms with E-state index < -0.39 is 0 Å². The first-order chi connectivity index (χ1) is 8.28. The fraction of sp³-hybridized carbons (Fsp3) is 0.333. The van der Waals surface area contributed by atoms with E-state index in [1.807, 2.05) is 16.9 Å². The van der Waals surface area contributed by atoms with E-state index in [2.05, 4.69) is 32.9 Å². The van der Waals surface area contributed by atoms with Crippen LogP contribution in [0.3, 0.4) is 0 Å². The number of nitrogens with zero attached hydrogens (tertiary/aromatic N) is 3. The van der Waals surface area contributed by atoms with E-state index in [1.165, 1.54) is 0 Å². The second kappa shape index (κ2) is 5.82. The summed E-state index contributed by atoms with van der Waals surface area (Å²) >= 11 is 3.38. The van der Waals surface area contributed by atoms with Crippen molar-refractivity contribution >= 4 is 15.9 Å². The molecule has 2 rings (SSSR count). The van der Waals surface area contributed by atoms with Crippen molar-refractivity contribution in [3.63, 3.8) is 0 Å². The number of ether oxygens (including phenoxy) is 1. The molecule has 0 fully saturated rings. The topological polar surface area (TPSA) is 39.9 Å². The second-order valence-corrected chi connectivity index (χ2v) is 4.65. The first-order valence-corrected chi connectivity index (χ1v) is 6.32. The molecule has 0 amide bonds. The molecule has 0 aliphatic heterocycles. The van der Waals surface area contributed by atoms with Crippen molar-refractivity contribution in [1.82, 2.24) is 14.8 Å². The summed E-state index contributed by atoms with van der Waals surface area (Å²) in [5.41, 5.74) is 1.03. The largest absolute Gasteiger partial charge is 0.486 e. The zero-order valence-corrected chi connectivity index (χ0v) is 11.2. The molecular formula is C12H14BrN3O. The molecule has 0 radical (unpaired) electrons. The molecule has 17 heavy (non-hydrogen) atoms. The van der Waals surface area contributed by atoms with Crippen molar-refractivity contribution in [3.8, 4) is 5.75 Å². The molecule has 0 aromatic carbocycles. The van der Waals surface area contributed by atoms with Crippen LogP contribution in [0.5, 0.6) is 5.75 Å². The van der Waals surface area contributed by atoms with E-state index >= 15 is 0 Å². The van der Waals surface area contributed by atoms with Gasteiger partial charge in [-0.2, -0.15) is 5.10 Å². The highest BCUT2D eigenvalue weighted by Gasteiger charge is 2.00. The van der Waals surface area contributed by atoms with Crippen LogP contribution in [0.15, 0.2) is 35.3 Å². The van der Waals surface area contributed by atoms with Gasteiger partial charge in [0.15, 0.2) is 5.75 Å². The number of pyridine rings is 1. The Kier molecular flexibility index (Phi) is 4.14. The van der Waals surface area contributed by atoms with Gasteiger partial charge in [-0.25, -0.2) is 0 Å². The second-order valence-electron chi connectivity index (χ2n) is 3.74. The summed E-state index contributed by atoms with van der Waals surface area (Å²) in [6, 6.07) is 1.99. The Morgan fingerprint density at radius 2 is 2.24 bits per heavy atom. The van der Waals surface area contributed by atoms with Crippen molar-refractivity contribution in [3.05, 3.63) is 40.9 Å². The molecule has 0 unspecified atom stereocenters. The zero-order valence-electron chi connectivity index (χ0n) is 9.64. The van der Waals surface area contributed by atoms with Crippen molar-refractivity contribution in [2.45, 2.75) is 26.5 Å². The quantitative estimate of drug-likeness (QED) is 0.851. The van der Waals surface area contributed by atoms with E-state index in [0.29, 0.717) is 6.61 Å². The predicted molar refractivity (Wildman–Crippen MR) is 68.8 cm³/mol. The maximum absolute atomic E-state index is 5.63. The van der Waals surface area contributed by atoms with E-state index in [9.17, 15) is 0 Å². The van der Waals surface area contributed by atoms with Crippen molar-refractivity contribution in [2.75, 3.05) is 0 Å². The highest BCUT2D eigenvalue weighted by molar-refractivity contribution is 9.10.